The monoisotopic (exact) mass is 523 g/mol. The first-order valence-corrected chi connectivity index (χ1v) is 12.4. The molecule has 1 aromatic carbocycles. The topological polar surface area (TPSA) is 113 Å². The van der Waals surface area contributed by atoms with Gasteiger partial charge in [-0.3, -0.25) is 4.57 Å². The molecule has 14 heteroatoms. The summed E-state index contributed by atoms with van der Waals surface area (Å²) >= 11 is 0. The quantitative estimate of drug-likeness (QED) is 0.402. The highest BCUT2D eigenvalue weighted by molar-refractivity contribution is 5.77. The van der Waals surface area contributed by atoms with Crippen molar-refractivity contribution in [3.63, 3.8) is 0 Å². The molecule has 0 unspecified atom stereocenters. The number of fused-ring (bicyclic) bond motifs is 1. The number of imidazole rings is 1. The van der Waals surface area contributed by atoms with Gasteiger partial charge in [0.1, 0.15) is 0 Å². The minimum atomic E-state index is -2.82. The van der Waals surface area contributed by atoms with Gasteiger partial charge >= 0.3 is 0 Å². The van der Waals surface area contributed by atoms with E-state index in [1.54, 1.807) is 36.7 Å². The number of piperazine rings is 1. The van der Waals surface area contributed by atoms with Crippen molar-refractivity contribution in [1.29, 1.82) is 0 Å². The summed E-state index contributed by atoms with van der Waals surface area (Å²) < 4.78 is 34.8. The molecule has 38 heavy (non-hydrogen) atoms. The fraction of sp³-hybridized carbons (Fsp3) is 0.417. The molecule has 0 spiro atoms. The number of rotatable bonds is 6. The largest absolute Gasteiger partial charge is 0.378 e. The zero-order valence-electron chi connectivity index (χ0n) is 20.8. The van der Waals surface area contributed by atoms with Crippen molar-refractivity contribution in [1.82, 2.24) is 39.4 Å². The molecule has 5 heterocycles. The highest BCUT2D eigenvalue weighted by Crippen LogP contribution is 2.28. The number of nitrogens with zero attached hydrogens (tertiary/aromatic N) is 10. The second-order valence-electron chi connectivity index (χ2n) is 9.14. The van der Waals surface area contributed by atoms with Crippen LogP contribution in [0, 0.1) is 0 Å². The molecular formula is C24H27F2N11O. The van der Waals surface area contributed by atoms with Crippen molar-refractivity contribution in [3.8, 4) is 5.95 Å². The minimum Gasteiger partial charge on any atom is -0.378 e. The van der Waals surface area contributed by atoms with E-state index in [4.69, 9.17) is 4.74 Å². The molecule has 0 bridgehead atoms. The van der Waals surface area contributed by atoms with Gasteiger partial charge in [0.15, 0.2) is 5.82 Å². The van der Waals surface area contributed by atoms with Gasteiger partial charge in [-0.2, -0.15) is 15.0 Å². The van der Waals surface area contributed by atoms with E-state index in [9.17, 15) is 8.78 Å². The van der Waals surface area contributed by atoms with Crippen LogP contribution in [0.1, 0.15) is 12.2 Å². The van der Waals surface area contributed by atoms with Crippen LogP contribution < -0.4 is 15.1 Å². The van der Waals surface area contributed by atoms with E-state index in [1.165, 1.54) is 4.57 Å². The van der Waals surface area contributed by atoms with E-state index in [-0.39, 0.29) is 11.9 Å². The van der Waals surface area contributed by atoms with Gasteiger partial charge in [0.25, 0.3) is 6.43 Å². The van der Waals surface area contributed by atoms with Crippen LogP contribution in [-0.4, -0.2) is 98.9 Å². The molecule has 0 atom stereocenters. The molecule has 0 aliphatic carbocycles. The second-order valence-corrected chi connectivity index (χ2v) is 9.14. The summed E-state index contributed by atoms with van der Waals surface area (Å²) in [4.78, 5) is 33.1. The van der Waals surface area contributed by atoms with Crippen molar-refractivity contribution in [2.75, 3.05) is 74.6 Å². The minimum absolute atomic E-state index is 0.0444. The SMILES string of the molecule is CN1CCN(c2ncc(Nc3nc(N4CCOCC4)nc(-n4c(C(F)F)nc5ccccc54)n3)cn2)CC1. The highest BCUT2D eigenvalue weighted by Gasteiger charge is 2.24. The van der Waals surface area contributed by atoms with Crippen LogP contribution in [-0.2, 0) is 4.74 Å². The molecule has 1 N–H and O–H groups in total. The van der Waals surface area contributed by atoms with Crippen LogP contribution >= 0.6 is 0 Å². The van der Waals surface area contributed by atoms with Gasteiger partial charge < -0.3 is 24.8 Å². The second kappa shape index (κ2) is 10.4. The Balaban J connectivity index is 1.36. The average molecular weight is 524 g/mol. The zero-order valence-corrected chi connectivity index (χ0v) is 20.8. The molecule has 0 amide bonds. The lowest BCUT2D eigenvalue weighted by molar-refractivity contribution is 0.122. The Hall–Kier alpha value is -4.04. The molecule has 0 saturated carbocycles. The van der Waals surface area contributed by atoms with E-state index in [0.29, 0.717) is 54.9 Å². The Morgan fingerprint density at radius 2 is 1.50 bits per heavy atom. The molecule has 198 valence electrons. The number of hydrogen-bond acceptors (Lipinski definition) is 11. The van der Waals surface area contributed by atoms with E-state index >= 15 is 0 Å². The summed E-state index contributed by atoms with van der Waals surface area (Å²) in [6.07, 6.45) is 0.503. The maximum atomic E-state index is 14.0. The number of benzene rings is 1. The molecule has 0 radical (unpaired) electrons. The van der Waals surface area contributed by atoms with Crippen LogP contribution in [0.4, 0.5) is 32.3 Å². The Morgan fingerprint density at radius 1 is 0.816 bits per heavy atom. The summed E-state index contributed by atoms with van der Waals surface area (Å²) in [7, 11) is 2.09. The summed E-state index contributed by atoms with van der Waals surface area (Å²) in [6.45, 7) is 5.78. The van der Waals surface area contributed by atoms with Gasteiger partial charge in [0, 0.05) is 39.3 Å². The maximum absolute atomic E-state index is 14.0. The third-order valence-corrected chi connectivity index (χ3v) is 6.57. The average Bonchev–Trinajstić information content (AvgIpc) is 3.35. The molecule has 2 aliphatic rings. The molecule has 6 rings (SSSR count). The normalized spacial score (nSPS) is 16.9. The lowest BCUT2D eigenvalue weighted by atomic mass is 10.3. The van der Waals surface area contributed by atoms with Gasteiger partial charge in [-0.05, 0) is 19.2 Å². The Labute approximate surface area is 217 Å². The van der Waals surface area contributed by atoms with Crippen LogP contribution in [0.15, 0.2) is 36.7 Å². The third kappa shape index (κ3) is 4.91. The Morgan fingerprint density at radius 3 is 2.24 bits per heavy atom. The lowest BCUT2D eigenvalue weighted by Crippen LogP contribution is -2.45. The van der Waals surface area contributed by atoms with Crippen LogP contribution in [0.5, 0.6) is 0 Å². The highest BCUT2D eigenvalue weighted by atomic mass is 19.3. The number of alkyl halides is 2. The number of likely N-dealkylation sites (N-methyl/N-ethyl adjacent to an activating group) is 1. The van der Waals surface area contributed by atoms with Gasteiger partial charge in [-0.15, -0.1) is 0 Å². The first-order chi connectivity index (χ1) is 18.5. The van der Waals surface area contributed by atoms with Gasteiger partial charge in [-0.1, -0.05) is 12.1 Å². The van der Waals surface area contributed by atoms with Gasteiger partial charge in [0.2, 0.25) is 23.8 Å². The van der Waals surface area contributed by atoms with E-state index in [1.807, 2.05) is 4.90 Å². The van der Waals surface area contributed by atoms with Crippen molar-refractivity contribution < 1.29 is 13.5 Å². The molecule has 2 fully saturated rings. The van der Waals surface area contributed by atoms with Crippen molar-refractivity contribution in [3.05, 3.63) is 42.5 Å². The summed E-state index contributed by atoms with van der Waals surface area (Å²) in [5.41, 5.74) is 1.48. The standard InChI is InChI=1S/C24H27F2N11O/c1-34-6-8-35(9-7-34)22-27-14-16(15-28-22)29-21-31-23(36-10-12-38-13-11-36)33-24(32-21)37-18-5-3-2-4-17(18)30-20(37)19(25)26/h2-5,14-15,19H,6-13H2,1H3,(H,29,31,32,33). The third-order valence-electron chi connectivity index (χ3n) is 6.57. The van der Waals surface area contributed by atoms with Crippen molar-refractivity contribution >= 4 is 34.6 Å². The summed E-state index contributed by atoms with van der Waals surface area (Å²) in [6, 6.07) is 6.91. The molecule has 2 saturated heterocycles. The molecule has 2 aliphatic heterocycles. The van der Waals surface area contributed by atoms with Crippen LogP contribution in [0.25, 0.3) is 17.0 Å². The molecule has 4 aromatic rings. The smallest absolute Gasteiger partial charge is 0.296 e. The Bertz CT molecular complexity index is 1400. The van der Waals surface area contributed by atoms with E-state index in [2.05, 4.69) is 52.1 Å². The number of para-hydroxylation sites is 2. The fourth-order valence-corrected chi connectivity index (χ4v) is 4.50. The fourth-order valence-electron chi connectivity index (χ4n) is 4.50. The predicted octanol–water partition coefficient (Wildman–Crippen LogP) is 2.27. The number of nitrogens with one attached hydrogen (secondary N) is 1. The van der Waals surface area contributed by atoms with Crippen LogP contribution in [0.2, 0.25) is 0 Å². The number of ether oxygens (including phenoxy) is 1. The van der Waals surface area contributed by atoms with Crippen LogP contribution in [0.3, 0.4) is 0 Å². The molecule has 3 aromatic heterocycles. The predicted molar refractivity (Wildman–Crippen MR) is 137 cm³/mol. The van der Waals surface area contributed by atoms with E-state index < -0.39 is 12.2 Å². The Kier molecular flexibility index (Phi) is 6.64. The number of aromatic nitrogens is 7. The lowest BCUT2D eigenvalue weighted by Gasteiger charge is -2.32. The van der Waals surface area contributed by atoms with E-state index in [0.717, 1.165) is 26.2 Å². The van der Waals surface area contributed by atoms with Gasteiger partial charge in [0.05, 0.1) is 42.3 Å². The number of hydrogen-bond donors (Lipinski definition) is 1. The first kappa shape index (κ1) is 24.3. The molecule has 12 nitrogen and oxygen atoms in total. The summed E-state index contributed by atoms with van der Waals surface area (Å²) in [5, 5.41) is 3.13. The van der Waals surface area contributed by atoms with Crippen molar-refractivity contribution in [2.24, 2.45) is 0 Å². The first-order valence-electron chi connectivity index (χ1n) is 12.4. The summed E-state index contributed by atoms with van der Waals surface area (Å²) in [5.74, 6) is 0.804. The maximum Gasteiger partial charge on any atom is 0.296 e. The molecular weight excluding hydrogens is 496 g/mol. The zero-order chi connectivity index (χ0) is 26.1. The number of halogens is 2. The van der Waals surface area contributed by atoms with Gasteiger partial charge in [-0.25, -0.2) is 23.7 Å². The van der Waals surface area contributed by atoms with Crippen molar-refractivity contribution in [2.45, 2.75) is 6.43 Å². The number of anilines is 4. The number of morpholine rings is 1.